The zero-order valence-electron chi connectivity index (χ0n) is 11.9. The molecule has 0 N–H and O–H groups in total. The van der Waals surface area contributed by atoms with Gasteiger partial charge in [-0.25, -0.2) is 9.50 Å². The summed E-state index contributed by atoms with van der Waals surface area (Å²) in [5.41, 5.74) is 1.65. The average molecular weight is 349 g/mol. The number of hydrogen-bond donors (Lipinski definition) is 0. The third-order valence-electron chi connectivity index (χ3n) is 5.01. The molecule has 4 rings (SSSR count). The van der Waals surface area contributed by atoms with E-state index in [1.165, 1.54) is 25.6 Å². The highest BCUT2D eigenvalue weighted by molar-refractivity contribution is 9.10. The van der Waals surface area contributed by atoms with Crippen LogP contribution in [0.2, 0.25) is 0 Å². The zero-order valence-corrected chi connectivity index (χ0v) is 13.5. The molecule has 1 amide bonds. The third kappa shape index (κ3) is 1.99. The van der Waals surface area contributed by atoms with Gasteiger partial charge in [-0.05, 0) is 53.6 Å². The lowest BCUT2D eigenvalue weighted by Gasteiger charge is -2.37. The summed E-state index contributed by atoms with van der Waals surface area (Å²) in [6.07, 6.45) is 8.27. The number of carbonyl (C=O) groups excluding carboxylic acids is 1. The van der Waals surface area contributed by atoms with Gasteiger partial charge in [0.25, 0.3) is 5.91 Å². The first kappa shape index (κ1) is 13.2. The van der Waals surface area contributed by atoms with Crippen LogP contribution in [-0.2, 0) is 0 Å². The molecule has 1 saturated carbocycles. The summed E-state index contributed by atoms with van der Waals surface area (Å²) < 4.78 is 2.49. The smallest absolute Gasteiger partial charge is 0.257 e. The average Bonchev–Trinajstić information content (AvgIpc) is 3.00. The van der Waals surface area contributed by atoms with E-state index in [4.69, 9.17) is 0 Å². The van der Waals surface area contributed by atoms with Crippen molar-refractivity contribution in [1.82, 2.24) is 19.5 Å². The molecular weight excluding hydrogens is 332 g/mol. The van der Waals surface area contributed by atoms with E-state index < -0.39 is 0 Å². The highest BCUT2D eigenvalue weighted by atomic mass is 79.9. The van der Waals surface area contributed by atoms with Crippen molar-refractivity contribution in [3.05, 3.63) is 28.6 Å². The lowest BCUT2D eigenvalue weighted by molar-refractivity contribution is 0.0702. The van der Waals surface area contributed by atoms with Gasteiger partial charge in [-0.2, -0.15) is 5.10 Å². The Morgan fingerprint density at radius 1 is 1.48 bits per heavy atom. The van der Waals surface area contributed by atoms with Crippen molar-refractivity contribution in [2.24, 2.45) is 5.41 Å². The van der Waals surface area contributed by atoms with Crippen LogP contribution in [0.15, 0.2) is 23.1 Å². The second-order valence-corrected chi connectivity index (χ2v) is 7.36. The lowest BCUT2D eigenvalue weighted by Crippen LogP contribution is -2.37. The molecule has 1 unspecified atom stereocenters. The molecule has 1 saturated heterocycles. The summed E-state index contributed by atoms with van der Waals surface area (Å²) in [5.74, 6) is 0.0746. The van der Waals surface area contributed by atoms with Crippen LogP contribution >= 0.6 is 15.9 Å². The normalized spacial score (nSPS) is 23.7. The van der Waals surface area contributed by atoms with Crippen molar-refractivity contribution >= 4 is 27.5 Å². The second-order valence-electron chi connectivity index (χ2n) is 6.44. The van der Waals surface area contributed by atoms with Crippen molar-refractivity contribution in [1.29, 1.82) is 0 Å². The van der Waals surface area contributed by atoms with Crippen LogP contribution in [0.3, 0.4) is 0 Å². The fourth-order valence-corrected chi connectivity index (χ4v) is 4.26. The van der Waals surface area contributed by atoms with Gasteiger partial charge in [-0.15, -0.1) is 0 Å². The molecule has 2 aliphatic rings. The summed E-state index contributed by atoms with van der Waals surface area (Å²) in [4.78, 5) is 19.2. The van der Waals surface area contributed by atoms with Crippen molar-refractivity contribution in [2.75, 3.05) is 6.54 Å². The summed E-state index contributed by atoms with van der Waals surface area (Å²) in [7, 11) is 0. The van der Waals surface area contributed by atoms with E-state index in [2.05, 4.69) is 32.9 Å². The third-order valence-corrected chi connectivity index (χ3v) is 5.45. The quantitative estimate of drug-likeness (QED) is 0.796. The fourth-order valence-electron chi connectivity index (χ4n) is 3.84. The molecule has 0 aromatic carbocycles. The largest absolute Gasteiger partial charge is 0.335 e. The number of amides is 1. The minimum Gasteiger partial charge on any atom is -0.335 e. The summed E-state index contributed by atoms with van der Waals surface area (Å²) in [6, 6.07) is 2.16. The molecule has 3 heterocycles. The van der Waals surface area contributed by atoms with Crippen molar-refractivity contribution < 1.29 is 4.79 Å². The van der Waals surface area contributed by atoms with Crippen LogP contribution < -0.4 is 0 Å². The molecule has 2 aromatic rings. The van der Waals surface area contributed by atoms with Crippen LogP contribution in [0, 0.1) is 5.41 Å². The second kappa shape index (κ2) is 4.53. The number of carbonyl (C=O) groups is 1. The first-order valence-electron chi connectivity index (χ1n) is 7.38. The number of halogens is 1. The molecule has 2 fully saturated rings. The Labute approximate surface area is 131 Å². The van der Waals surface area contributed by atoms with E-state index >= 15 is 0 Å². The maximum atomic E-state index is 13.0. The maximum absolute atomic E-state index is 13.0. The minimum atomic E-state index is 0.0746. The first-order valence-corrected chi connectivity index (χ1v) is 8.17. The number of pyridine rings is 1. The monoisotopic (exact) mass is 348 g/mol. The standard InChI is InChI=1S/C15H17BrN4O/c1-10-6-15(3-2-4-15)8-19(10)14(21)12-5-11(16)7-20-13(12)17-9-18-20/h5,7,9-10H,2-4,6,8H2,1H3. The highest BCUT2D eigenvalue weighted by Gasteiger charge is 2.47. The summed E-state index contributed by atoms with van der Waals surface area (Å²) >= 11 is 3.45. The molecule has 0 bridgehead atoms. The molecule has 1 spiro atoms. The molecule has 2 aromatic heterocycles. The Morgan fingerprint density at radius 3 is 2.95 bits per heavy atom. The topological polar surface area (TPSA) is 50.5 Å². The number of rotatable bonds is 1. The molecule has 21 heavy (non-hydrogen) atoms. The predicted molar refractivity (Wildman–Crippen MR) is 82.1 cm³/mol. The molecule has 6 heteroatoms. The molecule has 110 valence electrons. The van der Waals surface area contributed by atoms with E-state index in [1.807, 2.05) is 17.2 Å². The van der Waals surface area contributed by atoms with Gasteiger partial charge in [0.05, 0.1) is 5.56 Å². The highest BCUT2D eigenvalue weighted by Crippen LogP contribution is 2.50. The molecular formula is C15H17BrN4O. The van der Waals surface area contributed by atoms with Gasteiger partial charge in [-0.1, -0.05) is 6.42 Å². The van der Waals surface area contributed by atoms with Gasteiger partial charge in [0.15, 0.2) is 5.65 Å². The Hall–Kier alpha value is -1.43. The van der Waals surface area contributed by atoms with Gasteiger partial charge >= 0.3 is 0 Å². The number of hydrogen-bond acceptors (Lipinski definition) is 3. The number of fused-ring (bicyclic) bond motifs is 1. The lowest BCUT2D eigenvalue weighted by atomic mass is 9.68. The molecule has 1 aliphatic carbocycles. The van der Waals surface area contributed by atoms with Crippen LogP contribution in [0.5, 0.6) is 0 Å². The SMILES string of the molecule is CC1CC2(CCC2)CN1C(=O)c1cc(Br)cn2ncnc12. The fraction of sp³-hybridized carbons (Fsp3) is 0.533. The van der Waals surface area contributed by atoms with Crippen LogP contribution in [0.4, 0.5) is 0 Å². The van der Waals surface area contributed by atoms with Gasteiger partial charge in [0.1, 0.15) is 6.33 Å². The van der Waals surface area contributed by atoms with Gasteiger partial charge in [0, 0.05) is 23.3 Å². The predicted octanol–water partition coefficient (Wildman–Crippen LogP) is 2.90. The maximum Gasteiger partial charge on any atom is 0.257 e. The van der Waals surface area contributed by atoms with Gasteiger partial charge < -0.3 is 4.90 Å². The van der Waals surface area contributed by atoms with Crippen LogP contribution in [0.1, 0.15) is 43.0 Å². The number of nitrogens with zero attached hydrogens (tertiary/aromatic N) is 4. The Balaban J connectivity index is 1.72. The molecule has 1 atom stereocenters. The van der Waals surface area contributed by atoms with Crippen molar-refractivity contribution in [3.8, 4) is 0 Å². The van der Waals surface area contributed by atoms with Gasteiger partial charge in [-0.3, -0.25) is 4.79 Å². The number of likely N-dealkylation sites (tertiary alicyclic amines) is 1. The van der Waals surface area contributed by atoms with Crippen molar-refractivity contribution in [2.45, 2.75) is 38.6 Å². The van der Waals surface area contributed by atoms with Gasteiger partial charge in [0.2, 0.25) is 0 Å². The van der Waals surface area contributed by atoms with E-state index in [9.17, 15) is 4.79 Å². The first-order chi connectivity index (χ1) is 10.1. The summed E-state index contributed by atoms with van der Waals surface area (Å²) in [6.45, 7) is 3.05. The van der Waals surface area contributed by atoms with E-state index in [-0.39, 0.29) is 5.91 Å². The van der Waals surface area contributed by atoms with Crippen LogP contribution in [0.25, 0.3) is 5.65 Å². The van der Waals surface area contributed by atoms with E-state index in [0.29, 0.717) is 22.7 Å². The van der Waals surface area contributed by atoms with Crippen LogP contribution in [-0.4, -0.2) is 38.0 Å². The zero-order chi connectivity index (χ0) is 14.6. The van der Waals surface area contributed by atoms with Crippen molar-refractivity contribution in [3.63, 3.8) is 0 Å². The molecule has 5 nitrogen and oxygen atoms in total. The Kier molecular flexibility index (Phi) is 2.86. The molecule has 1 aliphatic heterocycles. The van der Waals surface area contributed by atoms with E-state index in [1.54, 1.807) is 4.52 Å². The Morgan fingerprint density at radius 2 is 2.29 bits per heavy atom. The minimum absolute atomic E-state index is 0.0746. The molecule has 0 radical (unpaired) electrons. The number of aromatic nitrogens is 3. The Bertz CT molecular complexity index is 722. The van der Waals surface area contributed by atoms with E-state index in [0.717, 1.165) is 17.4 Å². The summed E-state index contributed by atoms with van der Waals surface area (Å²) in [5, 5.41) is 4.13.